The van der Waals surface area contributed by atoms with Crippen LogP contribution in [0.2, 0.25) is 0 Å². The van der Waals surface area contributed by atoms with Crippen molar-refractivity contribution in [3.63, 3.8) is 0 Å². The summed E-state index contributed by atoms with van der Waals surface area (Å²) in [6.07, 6.45) is 0.422. The van der Waals surface area contributed by atoms with E-state index in [1.54, 1.807) is 0 Å². The van der Waals surface area contributed by atoms with Crippen LogP contribution in [0.5, 0.6) is 5.88 Å². The average Bonchev–Trinajstić information content (AvgIpc) is 2.97. The molecule has 4 aromatic rings. The summed E-state index contributed by atoms with van der Waals surface area (Å²) in [6.45, 7) is 4.09. The third-order valence-corrected chi connectivity index (χ3v) is 4.80. The molecule has 0 spiro atoms. The Labute approximate surface area is 153 Å². The lowest BCUT2D eigenvalue weighted by Gasteiger charge is -2.09. The molecule has 0 aliphatic heterocycles. The molecule has 4 rings (SSSR count). The van der Waals surface area contributed by atoms with Gasteiger partial charge in [0.25, 0.3) is 5.56 Å². The number of aromatic amines is 3. The predicted molar refractivity (Wildman–Crippen MR) is 105 cm³/mol. The molecule has 27 heavy (non-hydrogen) atoms. The summed E-state index contributed by atoms with van der Waals surface area (Å²) in [6, 6.07) is 10.3. The number of benzene rings is 2. The van der Waals surface area contributed by atoms with Crippen molar-refractivity contribution < 1.29 is 5.11 Å². The first-order valence-electron chi connectivity index (χ1n) is 8.49. The molecule has 2 aromatic carbocycles. The van der Waals surface area contributed by atoms with Gasteiger partial charge in [0, 0.05) is 28.2 Å². The summed E-state index contributed by atoms with van der Waals surface area (Å²) in [7, 11) is 0. The van der Waals surface area contributed by atoms with E-state index in [0.717, 1.165) is 38.5 Å². The molecule has 0 amide bonds. The van der Waals surface area contributed by atoms with Gasteiger partial charge in [0.1, 0.15) is 5.56 Å². The molecule has 0 bridgehead atoms. The maximum atomic E-state index is 11.8. The van der Waals surface area contributed by atoms with Crippen LogP contribution in [0, 0.1) is 25.7 Å². The van der Waals surface area contributed by atoms with E-state index in [9.17, 15) is 14.7 Å². The molecule has 2 heterocycles. The zero-order chi connectivity index (χ0) is 19.1. The molecular formula is C21H17N3O3. The number of aryl methyl sites for hydroxylation is 2. The summed E-state index contributed by atoms with van der Waals surface area (Å²) < 4.78 is 0. The fourth-order valence-corrected chi connectivity index (χ4v) is 3.51. The van der Waals surface area contributed by atoms with Crippen LogP contribution in [-0.2, 0) is 6.42 Å². The highest BCUT2D eigenvalue weighted by atomic mass is 16.3. The van der Waals surface area contributed by atoms with Crippen molar-refractivity contribution >= 4 is 21.8 Å². The van der Waals surface area contributed by atoms with Crippen LogP contribution in [-0.4, -0.2) is 20.1 Å². The fraction of sp³-hybridized carbons (Fsp3) is 0.143. The van der Waals surface area contributed by atoms with E-state index in [2.05, 4.69) is 51.9 Å². The summed E-state index contributed by atoms with van der Waals surface area (Å²) in [5.74, 6) is 5.10. The minimum atomic E-state index is -0.764. The molecule has 0 unspecified atom stereocenters. The zero-order valence-corrected chi connectivity index (χ0v) is 14.9. The second kappa shape index (κ2) is 6.22. The van der Waals surface area contributed by atoms with Gasteiger partial charge in [-0.2, -0.15) is 0 Å². The summed E-state index contributed by atoms with van der Waals surface area (Å²) in [5.41, 5.74) is 3.87. The average molecular weight is 359 g/mol. The molecule has 0 aliphatic rings. The number of aromatic nitrogens is 3. The number of hydrogen-bond donors (Lipinski definition) is 4. The van der Waals surface area contributed by atoms with E-state index >= 15 is 0 Å². The van der Waals surface area contributed by atoms with Gasteiger partial charge in [-0.1, -0.05) is 30.0 Å². The standard InChI is InChI=1S/C21H17N3O3/c1-11-10-17-18(14-6-3-4-9-16(14)22-17)12(2)13(11)7-5-8-15-19(25)23-21(27)24-20(15)26/h3-4,6,9-10,22H,7H2,1-2H3,(H3,23,24,25,26,27). The van der Waals surface area contributed by atoms with Crippen molar-refractivity contribution in [1.82, 2.24) is 15.0 Å². The summed E-state index contributed by atoms with van der Waals surface area (Å²) in [4.78, 5) is 30.5. The predicted octanol–water partition coefficient (Wildman–Crippen LogP) is 2.61. The molecule has 4 N–H and O–H groups in total. The van der Waals surface area contributed by atoms with Crippen molar-refractivity contribution in [3.05, 3.63) is 73.4 Å². The van der Waals surface area contributed by atoms with Crippen LogP contribution in [0.4, 0.5) is 0 Å². The third-order valence-electron chi connectivity index (χ3n) is 4.80. The Balaban J connectivity index is 1.81. The van der Waals surface area contributed by atoms with E-state index in [1.165, 1.54) is 0 Å². The Kier molecular flexibility index (Phi) is 3.85. The first-order valence-corrected chi connectivity index (χ1v) is 8.49. The van der Waals surface area contributed by atoms with Gasteiger partial charge in [-0.25, -0.2) is 4.79 Å². The number of nitrogens with one attached hydrogen (secondary N) is 3. The van der Waals surface area contributed by atoms with Gasteiger partial charge < -0.3 is 10.1 Å². The van der Waals surface area contributed by atoms with Gasteiger partial charge >= 0.3 is 5.69 Å². The maximum Gasteiger partial charge on any atom is 0.328 e. The maximum absolute atomic E-state index is 11.8. The number of hydrogen-bond acceptors (Lipinski definition) is 3. The lowest BCUT2D eigenvalue weighted by molar-refractivity contribution is 0.446. The van der Waals surface area contributed by atoms with Gasteiger partial charge in [-0.15, -0.1) is 0 Å². The van der Waals surface area contributed by atoms with E-state index in [4.69, 9.17) is 0 Å². The normalized spacial score (nSPS) is 10.9. The van der Waals surface area contributed by atoms with Crippen LogP contribution in [0.25, 0.3) is 21.8 Å². The number of H-pyrrole nitrogens is 3. The SMILES string of the molecule is Cc1cc2[nH]c3ccccc3c2c(C)c1CC#Cc1c(O)[nH]c(=O)[nH]c1=O. The molecule has 0 saturated carbocycles. The third kappa shape index (κ3) is 2.79. The van der Waals surface area contributed by atoms with E-state index < -0.39 is 17.1 Å². The molecule has 6 heteroatoms. The Hall–Kier alpha value is -3.72. The van der Waals surface area contributed by atoms with Crippen molar-refractivity contribution in [2.45, 2.75) is 20.3 Å². The van der Waals surface area contributed by atoms with Crippen LogP contribution >= 0.6 is 0 Å². The Bertz CT molecular complexity index is 1380. The zero-order valence-electron chi connectivity index (χ0n) is 14.9. The lowest BCUT2D eigenvalue weighted by Crippen LogP contribution is -2.23. The van der Waals surface area contributed by atoms with E-state index in [-0.39, 0.29) is 5.56 Å². The van der Waals surface area contributed by atoms with Gasteiger partial charge in [0.2, 0.25) is 5.88 Å². The molecule has 0 saturated heterocycles. The first kappa shape index (κ1) is 16.7. The largest absolute Gasteiger partial charge is 0.493 e. The highest BCUT2D eigenvalue weighted by Gasteiger charge is 2.12. The van der Waals surface area contributed by atoms with Gasteiger partial charge in [0.15, 0.2) is 0 Å². The minimum Gasteiger partial charge on any atom is -0.493 e. The lowest BCUT2D eigenvalue weighted by atomic mass is 9.95. The highest BCUT2D eigenvalue weighted by molar-refractivity contribution is 6.09. The summed E-state index contributed by atoms with van der Waals surface area (Å²) in [5, 5.41) is 12.1. The first-order chi connectivity index (χ1) is 13.0. The quantitative estimate of drug-likeness (QED) is 0.393. The van der Waals surface area contributed by atoms with E-state index in [0.29, 0.717) is 6.42 Å². The number of aromatic hydroxyl groups is 1. The molecule has 0 radical (unpaired) electrons. The van der Waals surface area contributed by atoms with Crippen molar-refractivity contribution in [3.8, 4) is 17.7 Å². The molecule has 2 aromatic heterocycles. The Morgan fingerprint density at radius 3 is 2.59 bits per heavy atom. The Morgan fingerprint density at radius 1 is 1.04 bits per heavy atom. The van der Waals surface area contributed by atoms with E-state index in [1.807, 2.05) is 19.1 Å². The molecule has 134 valence electrons. The van der Waals surface area contributed by atoms with Crippen LogP contribution < -0.4 is 11.2 Å². The highest BCUT2D eigenvalue weighted by Crippen LogP contribution is 2.32. The number of rotatable bonds is 1. The van der Waals surface area contributed by atoms with Crippen LogP contribution in [0.15, 0.2) is 39.9 Å². The molecule has 0 aliphatic carbocycles. The topological polar surface area (TPSA) is 102 Å². The fourth-order valence-electron chi connectivity index (χ4n) is 3.51. The molecule has 0 fully saturated rings. The summed E-state index contributed by atoms with van der Waals surface area (Å²) >= 11 is 0. The van der Waals surface area contributed by atoms with Crippen LogP contribution in [0.1, 0.15) is 22.3 Å². The molecule has 6 nitrogen and oxygen atoms in total. The Morgan fingerprint density at radius 2 is 1.81 bits per heavy atom. The van der Waals surface area contributed by atoms with Gasteiger partial charge in [-0.3, -0.25) is 14.8 Å². The monoisotopic (exact) mass is 359 g/mol. The minimum absolute atomic E-state index is 0.141. The van der Waals surface area contributed by atoms with Crippen LogP contribution in [0.3, 0.4) is 0 Å². The number of para-hydroxylation sites is 1. The van der Waals surface area contributed by atoms with Crippen molar-refractivity contribution in [1.29, 1.82) is 0 Å². The smallest absolute Gasteiger partial charge is 0.328 e. The number of fused-ring (bicyclic) bond motifs is 3. The molecular weight excluding hydrogens is 342 g/mol. The second-order valence-electron chi connectivity index (χ2n) is 6.50. The van der Waals surface area contributed by atoms with Gasteiger partial charge in [-0.05, 0) is 42.7 Å². The van der Waals surface area contributed by atoms with Crippen molar-refractivity contribution in [2.24, 2.45) is 0 Å². The van der Waals surface area contributed by atoms with Crippen molar-refractivity contribution in [2.75, 3.05) is 0 Å². The second-order valence-corrected chi connectivity index (χ2v) is 6.50. The molecule has 0 atom stereocenters. The van der Waals surface area contributed by atoms with Gasteiger partial charge in [0.05, 0.1) is 0 Å².